The van der Waals surface area contributed by atoms with Crippen LogP contribution in [0.2, 0.25) is 0 Å². The molecule has 0 aliphatic heterocycles. The molecule has 6 aromatic rings. The molecule has 0 saturated heterocycles. The van der Waals surface area contributed by atoms with E-state index in [1.54, 1.807) is 0 Å². The van der Waals surface area contributed by atoms with Gasteiger partial charge in [-0.1, -0.05) is 54.6 Å². The normalized spacial score (nSPS) is 11.6. The van der Waals surface area contributed by atoms with E-state index in [0.29, 0.717) is 0 Å². The van der Waals surface area contributed by atoms with E-state index < -0.39 is 0 Å². The number of benzene rings is 4. The second kappa shape index (κ2) is 6.51. The molecule has 6 rings (SSSR count). The molecule has 0 aliphatic rings. The third kappa shape index (κ3) is 2.55. The van der Waals surface area contributed by atoms with E-state index in [9.17, 15) is 0 Å². The van der Waals surface area contributed by atoms with Crippen LogP contribution >= 0.6 is 27.7 Å². The van der Waals surface area contributed by atoms with Crippen molar-refractivity contribution in [2.75, 3.05) is 0 Å². The average molecular weight is 456 g/mol. The van der Waals surface area contributed by atoms with Crippen LogP contribution in [-0.2, 0) is 0 Å². The Morgan fingerprint density at radius 1 is 0.690 bits per heavy atom. The summed E-state index contributed by atoms with van der Waals surface area (Å²) >= 11 is 4.83. The molecule has 3 nitrogen and oxygen atoms in total. The summed E-state index contributed by atoms with van der Waals surface area (Å²) in [6.07, 6.45) is 0. The van der Waals surface area contributed by atoms with Crippen LogP contribution in [0.3, 0.4) is 0 Å². The fraction of sp³-hybridized carbons (Fsp3) is 0. The number of fused-ring (bicyclic) bond motifs is 4. The fourth-order valence-electron chi connectivity index (χ4n) is 4.08. The second-order valence-corrected chi connectivity index (χ2v) is 8.36. The summed E-state index contributed by atoms with van der Waals surface area (Å²) in [5.74, 6) is 0. The van der Waals surface area contributed by atoms with Gasteiger partial charge in [0.1, 0.15) is 11.0 Å². The quantitative estimate of drug-likeness (QED) is 0.276. The van der Waals surface area contributed by atoms with Gasteiger partial charge in [-0.05, 0) is 51.8 Å². The lowest BCUT2D eigenvalue weighted by Crippen LogP contribution is -1.94. The summed E-state index contributed by atoms with van der Waals surface area (Å²) in [6.45, 7) is 0. The van der Waals surface area contributed by atoms with Gasteiger partial charge in [-0.15, -0.1) is 0 Å². The summed E-state index contributed by atoms with van der Waals surface area (Å²) in [5, 5.41) is 2.53. The molecule has 0 N–H and O–H groups in total. The van der Waals surface area contributed by atoms with E-state index in [-0.39, 0.29) is 0 Å². The Balaban J connectivity index is 1.64. The zero-order valence-corrected chi connectivity index (χ0v) is 17.6. The average Bonchev–Trinajstić information content (AvgIpc) is 3.38. The molecular weight excluding hydrogens is 442 g/mol. The van der Waals surface area contributed by atoms with Gasteiger partial charge in [0.2, 0.25) is 0 Å². The summed E-state index contributed by atoms with van der Waals surface area (Å²) in [5.41, 5.74) is 7.64. The lowest BCUT2D eigenvalue weighted by molar-refractivity contribution is 1.18. The minimum absolute atomic E-state index is 0.912. The van der Waals surface area contributed by atoms with Crippen molar-refractivity contribution in [3.63, 3.8) is 0 Å². The fourth-order valence-corrected chi connectivity index (χ4v) is 5.18. The highest BCUT2D eigenvalue weighted by Gasteiger charge is 2.14. The van der Waals surface area contributed by atoms with Crippen LogP contribution in [0.5, 0.6) is 0 Å². The van der Waals surface area contributed by atoms with Crippen LogP contribution in [0.25, 0.3) is 49.7 Å². The highest BCUT2D eigenvalue weighted by atomic mass is 79.9. The van der Waals surface area contributed by atoms with Gasteiger partial charge in [0.15, 0.2) is 0 Å². The van der Waals surface area contributed by atoms with Crippen molar-refractivity contribution in [3.05, 3.63) is 89.4 Å². The number of nitrogens with zero attached hydrogens (tertiary/aromatic N) is 3. The van der Waals surface area contributed by atoms with Crippen LogP contribution in [0.1, 0.15) is 0 Å². The largest absolute Gasteiger partial charge is 0.309 e. The Morgan fingerprint density at radius 3 is 2.14 bits per heavy atom. The standard InChI is InChI=1S/C24H14BrN3S/c25-20-13-12-17(23-24(20)27-29-26-23)15-6-5-7-16(14-15)28-21-10-3-1-8-18(21)19-9-2-4-11-22(19)28/h1-14H. The number of hydrogen-bond donors (Lipinski definition) is 0. The molecule has 4 aromatic carbocycles. The van der Waals surface area contributed by atoms with Crippen molar-refractivity contribution in [2.24, 2.45) is 0 Å². The predicted octanol–water partition coefficient (Wildman–Crippen LogP) is 7.22. The zero-order chi connectivity index (χ0) is 19.4. The molecule has 0 fully saturated rings. The summed E-state index contributed by atoms with van der Waals surface area (Å²) in [6, 6.07) is 30.0. The minimum atomic E-state index is 0.912. The first-order valence-corrected chi connectivity index (χ1v) is 10.8. The molecule has 2 heterocycles. The van der Waals surface area contributed by atoms with Crippen LogP contribution in [0.15, 0.2) is 89.4 Å². The summed E-state index contributed by atoms with van der Waals surface area (Å²) in [4.78, 5) is 0. The highest BCUT2D eigenvalue weighted by Crippen LogP contribution is 2.35. The molecule has 2 aromatic heterocycles. The van der Waals surface area contributed by atoms with Gasteiger partial charge in [-0.3, -0.25) is 0 Å². The predicted molar refractivity (Wildman–Crippen MR) is 125 cm³/mol. The third-order valence-electron chi connectivity index (χ3n) is 5.36. The topological polar surface area (TPSA) is 30.7 Å². The molecular formula is C24H14BrN3S. The highest BCUT2D eigenvalue weighted by molar-refractivity contribution is 9.10. The van der Waals surface area contributed by atoms with Gasteiger partial charge in [0.05, 0.1) is 22.8 Å². The zero-order valence-electron chi connectivity index (χ0n) is 15.2. The lowest BCUT2D eigenvalue weighted by atomic mass is 10.0. The van der Waals surface area contributed by atoms with Crippen molar-refractivity contribution in [3.8, 4) is 16.8 Å². The second-order valence-electron chi connectivity index (χ2n) is 6.98. The van der Waals surface area contributed by atoms with Gasteiger partial charge in [0.25, 0.3) is 0 Å². The first-order chi connectivity index (χ1) is 14.3. The van der Waals surface area contributed by atoms with Gasteiger partial charge < -0.3 is 4.57 Å². The number of para-hydroxylation sites is 2. The minimum Gasteiger partial charge on any atom is -0.309 e. The van der Waals surface area contributed by atoms with E-state index >= 15 is 0 Å². The van der Waals surface area contributed by atoms with Gasteiger partial charge >= 0.3 is 0 Å². The molecule has 0 aliphatic carbocycles. The smallest absolute Gasteiger partial charge is 0.119 e. The maximum atomic E-state index is 4.54. The van der Waals surface area contributed by atoms with Crippen LogP contribution in [-0.4, -0.2) is 13.3 Å². The SMILES string of the molecule is Brc1ccc(-c2cccc(-n3c4ccccc4c4ccccc43)c2)c2nsnc12. The lowest BCUT2D eigenvalue weighted by Gasteiger charge is -2.10. The summed E-state index contributed by atoms with van der Waals surface area (Å²) < 4.78 is 12.3. The molecule has 0 saturated carbocycles. The maximum absolute atomic E-state index is 4.54. The summed E-state index contributed by atoms with van der Waals surface area (Å²) in [7, 11) is 0. The Kier molecular flexibility index (Phi) is 3.79. The van der Waals surface area contributed by atoms with E-state index in [4.69, 9.17) is 0 Å². The molecule has 0 bridgehead atoms. The first-order valence-electron chi connectivity index (χ1n) is 9.31. The molecule has 0 radical (unpaired) electrons. The molecule has 0 amide bonds. The number of hydrogen-bond acceptors (Lipinski definition) is 3. The van der Waals surface area contributed by atoms with Crippen molar-refractivity contribution >= 4 is 60.5 Å². The van der Waals surface area contributed by atoms with Crippen molar-refractivity contribution in [1.29, 1.82) is 0 Å². The molecule has 0 atom stereocenters. The van der Waals surface area contributed by atoms with Gasteiger partial charge in [-0.2, -0.15) is 8.75 Å². The number of rotatable bonds is 2. The number of aromatic nitrogens is 3. The molecule has 29 heavy (non-hydrogen) atoms. The molecule has 5 heteroatoms. The third-order valence-corrected chi connectivity index (χ3v) is 6.53. The van der Waals surface area contributed by atoms with Crippen LogP contribution in [0.4, 0.5) is 0 Å². The Labute approximate surface area is 179 Å². The maximum Gasteiger partial charge on any atom is 0.119 e. The van der Waals surface area contributed by atoms with E-state index in [1.807, 2.05) is 6.07 Å². The molecule has 138 valence electrons. The monoisotopic (exact) mass is 455 g/mol. The van der Waals surface area contributed by atoms with E-state index in [2.05, 4.69) is 108 Å². The van der Waals surface area contributed by atoms with Crippen LogP contribution in [0, 0.1) is 0 Å². The molecule has 0 unspecified atom stereocenters. The first kappa shape index (κ1) is 16.9. The van der Waals surface area contributed by atoms with Gasteiger partial charge in [-0.25, -0.2) is 0 Å². The number of halogens is 1. The van der Waals surface area contributed by atoms with Crippen molar-refractivity contribution in [2.45, 2.75) is 0 Å². The van der Waals surface area contributed by atoms with Crippen LogP contribution < -0.4 is 0 Å². The Hall–Kier alpha value is -3.02. The Bertz CT molecular complexity index is 1480. The van der Waals surface area contributed by atoms with Crippen molar-refractivity contribution < 1.29 is 0 Å². The van der Waals surface area contributed by atoms with E-state index in [1.165, 1.54) is 33.5 Å². The van der Waals surface area contributed by atoms with Gasteiger partial charge in [0, 0.05) is 26.5 Å². The van der Waals surface area contributed by atoms with E-state index in [0.717, 1.165) is 32.3 Å². The Morgan fingerprint density at radius 2 is 1.38 bits per heavy atom. The molecule has 0 spiro atoms. The van der Waals surface area contributed by atoms with Crippen molar-refractivity contribution in [1.82, 2.24) is 13.3 Å².